The Morgan fingerprint density at radius 2 is 1.88 bits per heavy atom. The van der Waals surface area contributed by atoms with Gasteiger partial charge in [0.1, 0.15) is 0 Å². The second-order valence-corrected chi connectivity index (χ2v) is 7.97. The summed E-state index contributed by atoms with van der Waals surface area (Å²) in [5.41, 5.74) is 2.49. The summed E-state index contributed by atoms with van der Waals surface area (Å²) >= 11 is 0. The molecule has 2 atom stereocenters. The Morgan fingerprint density at radius 1 is 1.20 bits per heavy atom. The van der Waals surface area contributed by atoms with Crippen LogP contribution in [0.5, 0.6) is 0 Å². The van der Waals surface area contributed by atoms with Gasteiger partial charge in [0.2, 0.25) is 0 Å². The highest BCUT2D eigenvalue weighted by Gasteiger charge is 2.25. The minimum Gasteiger partial charge on any atom is -0.334 e. The monoisotopic (exact) mass is 345 g/mol. The molecule has 25 heavy (non-hydrogen) atoms. The Kier molecular flexibility index (Phi) is 7.30. The number of hydrogen-bond donors (Lipinski definition) is 1. The molecule has 1 aliphatic rings. The second kappa shape index (κ2) is 9.23. The van der Waals surface area contributed by atoms with Gasteiger partial charge in [-0.1, -0.05) is 44.0 Å². The molecule has 0 saturated heterocycles. The lowest BCUT2D eigenvalue weighted by Crippen LogP contribution is -2.45. The smallest absolute Gasteiger partial charge is 0.317 e. The van der Waals surface area contributed by atoms with Crippen LogP contribution in [0.1, 0.15) is 57.6 Å². The van der Waals surface area contributed by atoms with Crippen LogP contribution < -0.4 is 5.32 Å². The Bertz CT molecular complexity index is 558. The van der Waals surface area contributed by atoms with E-state index in [1.807, 2.05) is 18.0 Å². The number of nitrogens with zero attached hydrogens (tertiary/aromatic N) is 2. The predicted octanol–water partition coefficient (Wildman–Crippen LogP) is 4.25. The van der Waals surface area contributed by atoms with Crippen molar-refractivity contribution >= 4 is 6.03 Å². The van der Waals surface area contributed by atoms with Crippen molar-refractivity contribution in [2.75, 3.05) is 14.1 Å². The topological polar surface area (TPSA) is 35.6 Å². The standard InChI is InChI=1S/C21H35N3O/c1-16(2)23(4)15-19-11-7-6-10-18(19)14-22-21(25)24(5)20-12-8-9-17(3)13-20/h6-7,10-11,16-17,20H,8-9,12-15H2,1-5H3,(H,22,25). The minimum atomic E-state index is 0.0473. The average Bonchev–Trinajstić information content (AvgIpc) is 2.59. The fourth-order valence-corrected chi connectivity index (χ4v) is 3.55. The third-order valence-electron chi connectivity index (χ3n) is 5.63. The summed E-state index contributed by atoms with van der Waals surface area (Å²) in [6, 6.07) is 9.33. The van der Waals surface area contributed by atoms with Crippen molar-refractivity contribution in [3.63, 3.8) is 0 Å². The van der Waals surface area contributed by atoms with Crippen molar-refractivity contribution in [3.05, 3.63) is 35.4 Å². The molecule has 4 heteroatoms. The first-order chi connectivity index (χ1) is 11.9. The molecule has 1 aromatic carbocycles. The van der Waals surface area contributed by atoms with Crippen molar-refractivity contribution < 1.29 is 4.79 Å². The molecule has 1 N–H and O–H groups in total. The minimum absolute atomic E-state index is 0.0473. The average molecular weight is 346 g/mol. The molecule has 2 rings (SSSR count). The molecule has 1 aliphatic carbocycles. The van der Waals surface area contributed by atoms with Crippen molar-refractivity contribution in [1.82, 2.24) is 15.1 Å². The van der Waals surface area contributed by atoms with Gasteiger partial charge in [0.15, 0.2) is 0 Å². The lowest BCUT2D eigenvalue weighted by molar-refractivity contribution is 0.160. The van der Waals surface area contributed by atoms with E-state index < -0.39 is 0 Å². The van der Waals surface area contributed by atoms with Gasteiger partial charge in [-0.15, -0.1) is 0 Å². The summed E-state index contributed by atoms with van der Waals surface area (Å²) in [4.78, 5) is 16.8. The zero-order valence-corrected chi connectivity index (χ0v) is 16.6. The first-order valence-corrected chi connectivity index (χ1v) is 9.66. The quantitative estimate of drug-likeness (QED) is 0.837. The molecule has 0 aliphatic heterocycles. The number of urea groups is 1. The zero-order chi connectivity index (χ0) is 18.4. The number of rotatable bonds is 6. The van der Waals surface area contributed by atoms with Gasteiger partial charge in [0, 0.05) is 32.2 Å². The Hall–Kier alpha value is -1.55. The van der Waals surface area contributed by atoms with Crippen LogP contribution in [0.15, 0.2) is 24.3 Å². The maximum absolute atomic E-state index is 12.6. The molecule has 140 valence electrons. The van der Waals surface area contributed by atoms with E-state index >= 15 is 0 Å². The summed E-state index contributed by atoms with van der Waals surface area (Å²) in [7, 11) is 4.08. The van der Waals surface area contributed by atoms with Crippen LogP contribution in [0.4, 0.5) is 4.79 Å². The molecule has 0 heterocycles. The van der Waals surface area contributed by atoms with Gasteiger partial charge < -0.3 is 10.2 Å². The molecule has 1 fully saturated rings. The van der Waals surface area contributed by atoms with E-state index in [4.69, 9.17) is 0 Å². The van der Waals surface area contributed by atoms with E-state index in [1.54, 1.807) is 0 Å². The van der Waals surface area contributed by atoms with Crippen molar-refractivity contribution in [2.45, 2.75) is 71.6 Å². The summed E-state index contributed by atoms with van der Waals surface area (Å²) in [5.74, 6) is 0.723. The molecule has 0 aromatic heterocycles. The van der Waals surface area contributed by atoms with Gasteiger partial charge >= 0.3 is 6.03 Å². The Labute approximate surface area is 153 Å². The van der Waals surface area contributed by atoms with Crippen LogP contribution in [-0.4, -0.2) is 42.0 Å². The summed E-state index contributed by atoms with van der Waals surface area (Å²) < 4.78 is 0. The molecule has 0 radical (unpaired) electrons. The van der Waals surface area contributed by atoms with Crippen LogP contribution in [0.25, 0.3) is 0 Å². The molecule has 2 amide bonds. The number of carbonyl (C=O) groups is 1. The van der Waals surface area contributed by atoms with Crippen LogP contribution in [0.3, 0.4) is 0 Å². The largest absolute Gasteiger partial charge is 0.334 e. The maximum Gasteiger partial charge on any atom is 0.317 e. The lowest BCUT2D eigenvalue weighted by atomic mass is 9.86. The maximum atomic E-state index is 12.6. The zero-order valence-electron chi connectivity index (χ0n) is 16.6. The van der Waals surface area contributed by atoms with Gasteiger partial charge in [-0.25, -0.2) is 4.79 Å². The molecular formula is C21H35N3O. The van der Waals surface area contributed by atoms with Gasteiger partial charge in [-0.3, -0.25) is 4.90 Å². The Morgan fingerprint density at radius 3 is 2.52 bits per heavy atom. The third-order valence-corrected chi connectivity index (χ3v) is 5.63. The number of carbonyl (C=O) groups excluding carboxylic acids is 1. The van der Waals surface area contributed by atoms with Gasteiger partial charge in [-0.05, 0) is 50.8 Å². The van der Waals surface area contributed by atoms with E-state index in [2.05, 4.69) is 56.2 Å². The Balaban J connectivity index is 1.93. The number of amides is 2. The van der Waals surface area contributed by atoms with Crippen LogP contribution in [0.2, 0.25) is 0 Å². The molecular weight excluding hydrogens is 310 g/mol. The normalized spacial score (nSPS) is 20.8. The van der Waals surface area contributed by atoms with Crippen LogP contribution in [0, 0.1) is 5.92 Å². The second-order valence-electron chi connectivity index (χ2n) is 7.97. The fourth-order valence-electron chi connectivity index (χ4n) is 3.55. The highest BCUT2D eigenvalue weighted by molar-refractivity contribution is 5.74. The number of hydrogen-bond acceptors (Lipinski definition) is 2. The molecule has 0 spiro atoms. The molecule has 1 saturated carbocycles. The third kappa shape index (κ3) is 5.74. The molecule has 2 unspecified atom stereocenters. The highest BCUT2D eigenvalue weighted by atomic mass is 16.2. The first-order valence-electron chi connectivity index (χ1n) is 9.66. The van der Waals surface area contributed by atoms with Gasteiger partial charge in [-0.2, -0.15) is 0 Å². The van der Waals surface area contributed by atoms with E-state index in [0.29, 0.717) is 18.6 Å². The summed E-state index contributed by atoms with van der Waals surface area (Å²) in [6.07, 6.45) is 4.78. The van der Waals surface area contributed by atoms with E-state index in [9.17, 15) is 4.79 Å². The number of nitrogens with one attached hydrogen (secondary N) is 1. The van der Waals surface area contributed by atoms with Crippen molar-refractivity contribution in [3.8, 4) is 0 Å². The van der Waals surface area contributed by atoms with Crippen molar-refractivity contribution in [2.24, 2.45) is 5.92 Å². The SMILES string of the molecule is CC1CCCC(N(C)C(=O)NCc2ccccc2CN(C)C(C)C)C1. The van der Waals surface area contributed by atoms with Crippen LogP contribution >= 0.6 is 0 Å². The van der Waals surface area contributed by atoms with Crippen LogP contribution in [-0.2, 0) is 13.1 Å². The first kappa shape index (κ1) is 19.8. The summed E-state index contributed by atoms with van der Waals surface area (Å²) in [6.45, 7) is 8.18. The summed E-state index contributed by atoms with van der Waals surface area (Å²) in [5, 5.41) is 3.12. The van der Waals surface area contributed by atoms with E-state index in [-0.39, 0.29) is 6.03 Å². The number of benzene rings is 1. The fraction of sp³-hybridized carbons (Fsp3) is 0.667. The predicted molar refractivity (Wildman–Crippen MR) is 104 cm³/mol. The van der Waals surface area contributed by atoms with E-state index in [1.165, 1.54) is 24.0 Å². The van der Waals surface area contributed by atoms with Gasteiger partial charge in [0.05, 0.1) is 0 Å². The highest BCUT2D eigenvalue weighted by Crippen LogP contribution is 2.26. The molecule has 0 bridgehead atoms. The van der Waals surface area contributed by atoms with E-state index in [0.717, 1.165) is 25.3 Å². The molecule has 4 nitrogen and oxygen atoms in total. The van der Waals surface area contributed by atoms with Gasteiger partial charge in [0.25, 0.3) is 0 Å². The molecule has 1 aromatic rings. The van der Waals surface area contributed by atoms with Crippen molar-refractivity contribution in [1.29, 1.82) is 0 Å². The lowest BCUT2D eigenvalue weighted by Gasteiger charge is -2.34.